The van der Waals surface area contributed by atoms with Gasteiger partial charge in [0.05, 0.1) is 6.61 Å². The van der Waals surface area contributed by atoms with Crippen LogP contribution in [-0.2, 0) is 23.9 Å². The number of carbonyl (C=O) groups excluding carboxylic acids is 4. The number of carbonyl (C=O) groups is 4. The third kappa shape index (κ3) is 13.6. The Balaban J connectivity index is 3.70. The summed E-state index contributed by atoms with van der Waals surface area (Å²) in [6, 6.07) is 0. The lowest BCUT2D eigenvalue weighted by Crippen LogP contribution is -2.33. The van der Waals surface area contributed by atoms with Crippen molar-refractivity contribution < 1.29 is 34.1 Å². The predicted molar refractivity (Wildman–Crippen MR) is 105 cm³/mol. The number of hydrogen-bond acceptors (Lipinski definition) is 7. The fourth-order valence-corrected chi connectivity index (χ4v) is 2.75. The Morgan fingerprint density at radius 2 is 1.21 bits per heavy atom. The van der Waals surface area contributed by atoms with Crippen molar-refractivity contribution in [3.63, 3.8) is 0 Å². The molecule has 0 bridgehead atoms. The molecule has 0 aromatic heterocycles. The fraction of sp³-hybridized carbons (Fsp3) is 0.810. The van der Waals surface area contributed by atoms with E-state index in [0.29, 0.717) is 6.42 Å². The van der Waals surface area contributed by atoms with Gasteiger partial charge >= 0.3 is 11.8 Å². The Labute approximate surface area is 167 Å². The van der Waals surface area contributed by atoms with Crippen molar-refractivity contribution in [2.75, 3.05) is 13.2 Å². The van der Waals surface area contributed by atoms with E-state index in [0.717, 1.165) is 19.3 Å². The van der Waals surface area contributed by atoms with Crippen molar-refractivity contribution in [2.45, 2.75) is 96.5 Å². The number of rotatable bonds is 19. The molecule has 0 aliphatic rings. The number of ether oxygens (including phenoxy) is 1. The minimum atomic E-state index is -1.53. The van der Waals surface area contributed by atoms with Crippen LogP contribution < -0.4 is 0 Å². The van der Waals surface area contributed by atoms with E-state index in [1.807, 2.05) is 0 Å². The molecule has 0 radical (unpaired) electrons. The Bertz CT molecular complexity index is 473. The molecule has 7 nitrogen and oxygen atoms in total. The maximum absolute atomic E-state index is 11.7. The molecular formula is C21H36O7. The lowest BCUT2D eigenvalue weighted by atomic mass is 10.0. The average molecular weight is 401 g/mol. The highest BCUT2D eigenvalue weighted by atomic mass is 16.5. The number of Topliss-reactive ketones (excluding diaryl/α,β-unsaturated/α-hetero) is 3. The molecule has 1 unspecified atom stereocenters. The summed E-state index contributed by atoms with van der Waals surface area (Å²) in [5.41, 5.74) is 0. The minimum absolute atomic E-state index is 0.0610. The third-order valence-corrected chi connectivity index (χ3v) is 4.52. The van der Waals surface area contributed by atoms with Crippen LogP contribution >= 0.6 is 0 Å². The first kappa shape index (κ1) is 26.4. The number of hydrogen-bond donors (Lipinski definition) is 2. The molecule has 0 spiro atoms. The van der Waals surface area contributed by atoms with E-state index in [9.17, 15) is 19.2 Å². The monoisotopic (exact) mass is 400 g/mol. The van der Waals surface area contributed by atoms with Gasteiger partial charge in [-0.15, -0.1) is 0 Å². The Hall–Kier alpha value is -1.60. The van der Waals surface area contributed by atoms with E-state index in [1.165, 1.54) is 51.4 Å². The summed E-state index contributed by atoms with van der Waals surface area (Å²) in [5.74, 6) is -5.29. The van der Waals surface area contributed by atoms with Gasteiger partial charge in [-0.1, -0.05) is 77.6 Å². The quantitative estimate of drug-likeness (QED) is 0.148. The fourth-order valence-electron chi connectivity index (χ4n) is 2.75. The standard InChI is InChI=1S/C21H36O7/c1-2-3-4-5-6-7-8-9-10-11-12-13-14-18(24)19(25)20(26)21(27)28-16-17(23)15-22/h17,22-23H,2-16H2,1H3. The van der Waals surface area contributed by atoms with Crippen molar-refractivity contribution in [2.24, 2.45) is 0 Å². The van der Waals surface area contributed by atoms with Crippen molar-refractivity contribution in [1.82, 2.24) is 0 Å². The molecule has 0 heterocycles. The highest BCUT2D eigenvalue weighted by Gasteiger charge is 2.30. The second kappa shape index (κ2) is 17.5. The SMILES string of the molecule is CCCCCCCCCCCCCCC(=O)C(=O)C(=O)C(=O)OCC(O)CO. The molecule has 0 saturated carbocycles. The summed E-state index contributed by atoms with van der Waals surface area (Å²) in [7, 11) is 0. The van der Waals surface area contributed by atoms with Crippen LogP contribution in [0.4, 0.5) is 0 Å². The molecule has 0 aliphatic heterocycles. The summed E-state index contributed by atoms with van der Waals surface area (Å²) in [6.45, 7) is 0.955. The van der Waals surface area contributed by atoms with E-state index >= 15 is 0 Å². The first-order valence-corrected chi connectivity index (χ1v) is 10.5. The number of aliphatic hydroxyl groups is 2. The van der Waals surface area contributed by atoms with Crippen molar-refractivity contribution >= 4 is 23.3 Å². The summed E-state index contributed by atoms with van der Waals surface area (Å²) < 4.78 is 4.37. The molecular weight excluding hydrogens is 364 g/mol. The van der Waals surface area contributed by atoms with Gasteiger partial charge in [-0.05, 0) is 6.42 Å². The number of esters is 1. The van der Waals surface area contributed by atoms with E-state index in [1.54, 1.807) is 0 Å². The van der Waals surface area contributed by atoms with E-state index in [2.05, 4.69) is 11.7 Å². The molecule has 0 saturated heterocycles. The molecule has 7 heteroatoms. The molecule has 0 aromatic rings. The summed E-state index contributed by atoms with van der Waals surface area (Å²) in [6.07, 6.45) is 12.2. The van der Waals surface area contributed by atoms with Gasteiger partial charge in [0.25, 0.3) is 5.78 Å². The van der Waals surface area contributed by atoms with Gasteiger partial charge in [0, 0.05) is 6.42 Å². The Morgan fingerprint density at radius 3 is 1.68 bits per heavy atom. The second-order valence-corrected chi connectivity index (χ2v) is 7.16. The summed E-state index contributed by atoms with van der Waals surface area (Å²) >= 11 is 0. The van der Waals surface area contributed by atoms with Crippen LogP contribution in [0.25, 0.3) is 0 Å². The summed E-state index contributed by atoms with van der Waals surface area (Å²) in [5, 5.41) is 17.6. The molecule has 1 atom stereocenters. The summed E-state index contributed by atoms with van der Waals surface area (Å²) in [4.78, 5) is 46.2. The smallest absolute Gasteiger partial charge is 0.383 e. The zero-order valence-electron chi connectivity index (χ0n) is 17.1. The van der Waals surface area contributed by atoms with Gasteiger partial charge < -0.3 is 14.9 Å². The van der Waals surface area contributed by atoms with Crippen LogP contribution in [0.2, 0.25) is 0 Å². The van der Waals surface area contributed by atoms with Crippen LogP contribution in [0, 0.1) is 0 Å². The molecule has 0 aromatic carbocycles. The number of unbranched alkanes of at least 4 members (excludes halogenated alkanes) is 11. The maximum atomic E-state index is 11.7. The minimum Gasteiger partial charge on any atom is -0.457 e. The van der Waals surface area contributed by atoms with Crippen molar-refractivity contribution in [3.8, 4) is 0 Å². The first-order valence-electron chi connectivity index (χ1n) is 10.5. The average Bonchev–Trinajstić information content (AvgIpc) is 2.71. The zero-order chi connectivity index (χ0) is 21.2. The van der Waals surface area contributed by atoms with Crippen molar-refractivity contribution in [1.29, 1.82) is 0 Å². The largest absolute Gasteiger partial charge is 0.457 e. The highest BCUT2D eigenvalue weighted by molar-refractivity contribution is 6.77. The number of aliphatic hydroxyl groups excluding tert-OH is 2. The molecule has 0 fully saturated rings. The van der Waals surface area contributed by atoms with Gasteiger partial charge in [0.15, 0.2) is 0 Å². The van der Waals surface area contributed by atoms with E-state index in [-0.39, 0.29) is 6.42 Å². The second-order valence-electron chi connectivity index (χ2n) is 7.16. The molecule has 162 valence electrons. The van der Waals surface area contributed by atoms with E-state index in [4.69, 9.17) is 10.2 Å². The van der Waals surface area contributed by atoms with Crippen LogP contribution in [-0.4, -0.2) is 52.8 Å². The van der Waals surface area contributed by atoms with E-state index < -0.39 is 42.6 Å². The van der Waals surface area contributed by atoms with Crippen LogP contribution in [0.1, 0.15) is 90.4 Å². The first-order chi connectivity index (χ1) is 13.4. The Morgan fingerprint density at radius 1 is 0.750 bits per heavy atom. The predicted octanol–water partition coefficient (Wildman–Crippen LogP) is 2.68. The molecule has 2 N–H and O–H groups in total. The van der Waals surface area contributed by atoms with Crippen molar-refractivity contribution in [3.05, 3.63) is 0 Å². The highest BCUT2D eigenvalue weighted by Crippen LogP contribution is 2.12. The van der Waals surface area contributed by atoms with Gasteiger partial charge in [0.1, 0.15) is 12.7 Å². The lowest BCUT2D eigenvalue weighted by Gasteiger charge is -2.07. The third-order valence-electron chi connectivity index (χ3n) is 4.52. The molecule has 0 amide bonds. The van der Waals surface area contributed by atoms with Gasteiger partial charge in [-0.25, -0.2) is 4.79 Å². The van der Waals surface area contributed by atoms with Crippen LogP contribution in [0.3, 0.4) is 0 Å². The lowest BCUT2D eigenvalue weighted by molar-refractivity contribution is -0.160. The zero-order valence-corrected chi connectivity index (χ0v) is 17.1. The molecule has 0 aliphatic carbocycles. The topological polar surface area (TPSA) is 118 Å². The molecule has 0 rings (SSSR count). The van der Waals surface area contributed by atoms with Crippen LogP contribution in [0.5, 0.6) is 0 Å². The van der Waals surface area contributed by atoms with Gasteiger partial charge in [-0.2, -0.15) is 0 Å². The van der Waals surface area contributed by atoms with Gasteiger partial charge in [-0.3, -0.25) is 14.4 Å². The van der Waals surface area contributed by atoms with Crippen LogP contribution in [0.15, 0.2) is 0 Å². The van der Waals surface area contributed by atoms with Gasteiger partial charge in [0.2, 0.25) is 5.78 Å². The normalized spacial score (nSPS) is 11.8. The molecule has 28 heavy (non-hydrogen) atoms. The Kier molecular flexibility index (Phi) is 16.5. The maximum Gasteiger partial charge on any atom is 0.383 e. The number of ketones is 3.